The van der Waals surface area contributed by atoms with Gasteiger partial charge in [-0.25, -0.2) is 14.4 Å². The zero-order valence-electron chi connectivity index (χ0n) is 16.4. The topological polar surface area (TPSA) is 49.3 Å². The van der Waals surface area contributed by atoms with Gasteiger partial charge in [0.15, 0.2) is 0 Å². The molecule has 0 aliphatic carbocycles. The average molecular weight is 382 g/mol. The summed E-state index contributed by atoms with van der Waals surface area (Å²) in [7, 11) is 2.11. The number of benzene rings is 1. The first-order valence-corrected chi connectivity index (χ1v) is 10.1. The monoisotopic (exact) mass is 382 g/mol. The van der Waals surface area contributed by atoms with E-state index in [0.29, 0.717) is 24.9 Å². The van der Waals surface area contributed by atoms with Crippen molar-refractivity contribution in [3.05, 3.63) is 58.9 Å². The maximum absolute atomic E-state index is 13.8. The van der Waals surface area contributed by atoms with Crippen molar-refractivity contribution in [1.82, 2.24) is 19.8 Å². The molecule has 0 spiro atoms. The number of carbonyl (C=O) groups excluding carboxylic acids is 1. The van der Waals surface area contributed by atoms with Gasteiger partial charge in [0.1, 0.15) is 11.6 Å². The quantitative estimate of drug-likeness (QED) is 0.816. The van der Waals surface area contributed by atoms with E-state index in [2.05, 4.69) is 16.9 Å². The lowest BCUT2D eigenvalue weighted by molar-refractivity contribution is -0.132. The highest BCUT2D eigenvalue weighted by Gasteiger charge is 2.27. The third-order valence-electron chi connectivity index (χ3n) is 5.85. The fourth-order valence-corrected chi connectivity index (χ4v) is 4.18. The highest BCUT2D eigenvalue weighted by molar-refractivity contribution is 5.76. The summed E-state index contributed by atoms with van der Waals surface area (Å²) >= 11 is 0. The molecule has 1 atom stereocenters. The number of halogens is 1. The molecule has 1 fully saturated rings. The molecular formula is C22H27FN4O. The third kappa shape index (κ3) is 4.22. The number of hydrogen-bond donors (Lipinski definition) is 0. The van der Waals surface area contributed by atoms with Crippen molar-refractivity contribution in [2.45, 2.75) is 44.6 Å². The maximum atomic E-state index is 13.8. The van der Waals surface area contributed by atoms with Crippen LogP contribution in [0, 0.1) is 5.82 Å². The van der Waals surface area contributed by atoms with E-state index in [4.69, 9.17) is 4.98 Å². The van der Waals surface area contributed by atoms with Crippen molar-refractivity contribution in [1.29, 1.82) is 0 Å². The van der Waals surface area contributed by atoms with Gasteiger partial charge in [0.2, 0.25) is 5.91 Å². The molecule has 0 N–H and O–H groups in total. The summed E-state index contributed by atoms with van der Waals surface area (Å²) in [6.07, 6.45) is 5.67. The van der Waals surface area contributed by atoms with Gasteiger partial charge in [-0.3, -0.25) is 4.79 Å². The second-order valence-corrected chi connectivity index (χ2v) is 7.96. The molecule has 6 heteroatoms. The van der Waals surface area contributed by atoms with Crippen LogP contribution < -0.4 is 0 Å². The first-order valence-electron chi connectivity index (χ1n) is 10.1. The van der Waals surface area contributed by atoms with Crippen LogP contribution in [0.5, 0.6) is 0 Å². The van der Waals surface area contributed by atoms with Gasteiger partial charge < -0.3 is 9.80 Å². The van der Waals surface area contributed by atoms with E-state index >= 15 is 0 Å². The van der Waals surface area contributed by atoms with Gasteiger partial charge in [0.05, 0.1) is 0 Å². The Bertz CT molecular complexity index is 856. The number of likely N-dealkylation sites (N-methyl/N-ethyl adjacent to an activating group) is 1. The second-order valence-electron chi connectivity index (χ2n) is 7.96. The van der Waals surface area contributed by atoms with Crippen LogP contribution in [0.3, 0.4) is 0 Å². The molecule has 1 amide bonds. The first-order chi connectivity index (χ1) is 13.6. The van der Waals surface area contributed by atoms with E-state index in [0.717, 1.165) is 50.4 Å². The fourth-order valence-electron chi connectivity index (χ4n) is 4.18. The van der Waals surface area contributed by atoms with Crippen LogP contribution in [0.25, 0.3) is 0 Å². The summed E-state index contributed by atoms with van der Waals surface area (Å²) in [5.74, 6) is 0.915. The number of nitrogens with zero attached hydrogens (tertiary/aromatic N) is 4. The minimum absolute atomic E-state index is 0.0903. The molecule has 4 rings (SSSR count). The molecule has 2 aliphatic rings. The smallest absolute Gasteiger partial charge is 0.222 e. The highest BCUT2D eigenvalue weighted by atomic mass is 19.1. The van der Waals surface area contributed by atoms with Crippen molar-refractivity contribution in [2.75, 3.05) is 26.7 Å². The number of rotatable bonds is 4. The van der Waals surface area contributed by atoms with Gasteiger partial charge in [0, 0.05) is 62.4 Å². The Morgan fingerprint density at radius 2 is 2.14 bits per heavy atom. The number of hydrogen-bond acceptors (Lipinski definition) is 4. The molecular weight excluding hydrogens is 355 g/mol. The molecule has 1 aromatic heterocycles. The first kappa shape index (κ1) is 19.0. The van der Waals surface area contributed by atoms with Crippen molar-refractivity contribution in [3.63, 3.8) is 0 Å². The van der Waals surface area contributed by atoms with Gasteiger partial charge in [-0.05, 0) is 37.9 Å². The zero-order valence-corrected chi connectivity index (χ0v) is 16.4. The maximum Gasteiger partial charge on any atom is 0.222 e. The number of aryl methyl sites for hydroxylation is 1. The molecule has 3 heterocycles. The Kier molecular flexibility index (Phi) is 5.67. The Labute approximate surface area is 165 Å². The molecule has 0 saturated carbocycles. The number of fused-ring (bicyclic) bond motifs is 1. The minimum Gasteiger partial charge on any atom is -0.342 e. The Hall–Kier alpha value is -2.34. The molecule has 0 unspecified atom stereocenters. The summed E-state index contributed by atoms with van der Waals surface area (Å²) in [6, 6.07) is 6.68. The lowest BCUT2D eigenvalue weighted by Crippen LogP contribution is -2.40. The van der Waals surface area contributed by atoms with Crippen LogP contribution in [-0.4, -0.2) is 52.4 Å². The number of amides is 1. The number of piperidine rings is 1. The Morgan fingerprint density at radius 3 is 3.00 bits per heavy atom. The largest absolute Gasteiger partial charge is 0.342 e. The molecule has 1 saturated heterocycles. The summed E-state index contributed by atoms with van der Waals surface area (Å²) in [6.45, 7) is 3.35. The summed E-state index contributed by atoms with van der Waals surface area (Å²) < 4.78 is 13.8. The van der Waals surface area contributed by atoms with Gasteiger partial charge in [-0.1, -0.05) is 18.2 Å². The van der Waals surface area contributed by atoms with Crippen molar-refractivity contribution in [3.8, 4) is 0 Å². The van der Waals surface area contributed by atoms with Crippen molar-refractivity contribution in [2.24, 2.45) is 0 Å². The van der Waals surface area contributed by atoms with Gasteiger partial charge in [-0.15, -0.1) is 0 Å². The van der Waals surface area contributed by atoms with E-state index in [9.17, 15) is 9.18 Å². The van der Waals surface area contributed by atoms with Crippen LogP contribution >= 0.6 is 0 Å². The van der Waals surface area contributed by atoms with Crippen molar-refractivity contribution < 1.29 is 9.18 Å². The highest BCUT2D eigenvalue weighted by Crippen LogP contribution is 2.26. The molecule has 2 aliphatic heterocycles. The molecule has 2 aromatic rings. The normalized spacial score (nSPS) is 20.1. The molecule has 0 radical (unpaired) electrons. The van der Waals surface area contributed by atoms with Crippen molar-refractivity contribution >= 4 is 5.91 Å². The van der Waals surface area contributed by atoms with Crippen LogP contribution in [0.2, 0.25) is 0 Å². The Morgan fingerprint density at radius 1 is 1.29 bits per heavy atom. The summed E-state index contributed by atoms with van der Waals surface area (Å²) in [5, 5.41) is 0. The second kappa shape index (κ2) is 8.35. The lowest BCUT2D eigenvalue weighted by Gasteiger charge is -2.33. The molecule has 0 bridgehead atoms. The van der Waals surface area contributed by atoms with Gasteiger partial charge in [-0.2, -0.15) is 0 Å². The fraction of sp³-hybridized carbons (Fsp3) is 0.500. The summed E-state index contributed by atoms with van der Waals surface area (Å²) in [5.41, 5.74) is 2.98. The third-order valence-corrected chi connectivity index (χ3v) is 5.85. The van der Waals surface area contributed by atoms with E-state index in [1.165, 1.54) is 11.6 Å². The lowest BCUT2D eigenvalue weighted by atomic mass is 9.96. The van der Waals surface area contributed by atoms with Crippen LogP contribution in [-0.2, 0) is 24.2 Å². The van der Waals surface area contributed by atoms with Crippen LogP contribution in [0.15, 0.2) is 30.5 Å². The number of likely N-dealkylation sites (tertiary alicyclic amines) is 1. The van der Waals surface area contributed by atoms with E-state index in [1.54, 1.807) is 12.1 Å². The molecule has 28 heavy (non-hydrogen) atoms. The van der Waals surface area contributed by atoms with Crippen LogP contribution in [0.1, 0.15) is 47.8 Å². The van der Waals surface area contributed by atoms with Gasteiger partial charge in [0.25, 0.3) is 0 Å². The zero-order chi connectivity index (χ0) is 19.5. The van der Waals surface area contributed by atoms with Gasteiger partial charge >= 0.3 is 0 Å². The Balaban J connectivity index is 1.39. The van der Waals surface area contributed by atoms with E-state index in [1.807, 2.05) is 17.2 Å². The SMILES string of the molecule is CN1CCc2nc([C@H]3CCCN(C(=O)CCc4ccccc4F)C3)ncc2C1. The number of aromatic nitrogens is 2. The molecule has 148 valence electrons. The predicted molar refractivity (Wildman–Crippen MR) is 105 cm³/mol. The van der Waals surface area contributed by atoms with E-state index in [-0.39, 0.29) is 17.6 Å². The molecule has 1 aromatic carbocycles. The van der Waals surface area contributed by atoms with Crippen LogP contribution in [0.4, 0.5) is 4.39 Å². The molecule has 5 nitrogen and oxygen atoms in total. The predicted octanol–water partition coefficient (Wildman–Crippen LogP) is 2.94. The minimum atomic E-state index is -0.236. The standard InChI is InChI=1S/C22H27FN4O/c1-26-12-10-20-18(14-26)13-24-22(25-20)17-6-4-11-27(15-17)21(28)9-8-16-5-2-3-7-19(16)23/h2-3,5,7,13,17H,4,6,8-12,14-15H2,1H3/t17-/m0/s1. The average Bonchev–Trinajstić information content (AvgIpc) is 2.72. The van der Waals surface area contributed by atoms with E-state index < -0.39 is 0 Å². The summed E-state index contributed by atoms with van der Waals surface area (Å²) in [4.78, 5) is 26.3. The number of carbonyl (C=O) groups is 1.